The van der Waals surface area contributed by atoms with E-state index in [1.54, 1.807) is 55.6 Å². The van der Waals surface area contributed by atoms with Gasteiger partial charge in [-0.1, -0.05) is 23.3 Å². The third-order valence-electron chi connectivity index (χ3n) is 4.62. The molecule has 4 aromatic rings. The van der Waals surface area contributed by atoms with E-state index in [0.29, 0.717) is 17.0 Å². The van der Waals surface area contributed by atoms with Crippen molar-refractivity contribution < 1.29 is 22.3 Å². The lowest BCUT2D eigenvalue weighted by atomic mass is 10.2. The van der Waals surface area contributed by atoms with Crippen LogP contribution < -0.4 is 20.7 Å². The first kappa shape index (κ1) is 23.1. The van der Waals surface area contributed by atoms with Crippen molar-refractivity contribution in [3.05, 3.63) is 78.4 Å². The number of halogens is 3. The summed E-state index contributed by atoms with van der Waals surface area (Å²) in [5.74, 6) is 0.937. The Balaban J connectivity index is 1.47. The highest BCUT2D eigenvalue weighted by Gasteiger charge is 2.30. The zero-order valence-corrected chi connectivity index (χ0v) is 18.5. The van der Waals surface area contributed by atoms with E-state index in [0.717, 1.165) is 17.8 Å². The molecule has 11 heteroatoms. The summed E-state index contributed by atoms with van der Waals surface area (Å²) in [6.07, 6.45) is -4.45. The third kappa shape index (κ3) is 5.62. The highest BCUT2D eigenvalue weighted by molar-refractivity contribution is 7.80. The average molecular weight is 485 g/mol. The number of rotatable bonds is 6. The van der Waals surface area contributed by atoms with E-state index in [2.05, 4.69) is 26.1 Å². The fraction of sp³-hybridized carbons (Fsp3) is 0.0870. The Bertz CT molecular complexity index is 1290. The van der Waals surface area contributed by atoms with Gasteiger partial charge in [0.1, 0.15) is 5.75 Å². The van der Waals surface area contributed by atoms with Crippen LogP contribution in [0.3, 0.4) is 0 Å². The maximum atomic E-state index is 13.0. The molecule has 0 unspecified atom stereocenters. The van der Waals surface area contributed by atoms with Crippen molar-refractivity contribution in [2.24, 2.45) is 0 Å². The van der Waals surface area contributed by atoms with Crippen molar-refractivity contribution in [1.82, 2.24) is 10.2 Å². The molecule has 7 nitrogen and oxygen atoms in total. The smallest absolute Gasteiger partial charge is 0.416 e. The SMILES string of the molecule is COc1ccc(Nc2nnc(-c3ccccc3NC(=S)Nc3cccc(C(F)(F)F)c3)o2)cc1. The number of hydrogen-bond donors (Lipinski definition) is 3. The highest BCUT2D eigenvalue weighted by Crippen LogP contribution is 2.31. The lowest BCUT2D eigenvalue weighted by Gasteiger charge is -2.14. The number of methoxy groups -OCH3 is 1. The summed E-state index contributed by atoms with van der Waals surface area (Å²) < 4.78 is 49.7. The maximum absolute atomic E-state index is 13.0. The molecule has 3 N–H and O–H groups in total. The predicted octanol–water partition coefficient (Wildman–Crippen LogP) is 6.32. The summed E-state index contributed by atoms with van der Waals surface area (Å²) in [5, 5.41) is 16.9. The van der Waals surface area contributed by atoms with Gasteiger partial charge in [0.15, 0.2) is 5.11 Å². The Kier molecular flexibility index (Phi) is 6.64. The molecule has 0 saturated heterocycles. The fourth-order valence-electron chi connectivity index (χ4n) is 3.02. The summed E-state index contributed by atoms with van der Waals surface area (Å²) in [6, 6.07) is 19.2. The molecule has 4 rings (SSSR count). The average Bonchev–Trinajstić information content (AvgIpc) is 3.28. The number of hydrogen-bond acceptors (Lipinski definition) is 6. The standard InChI is InChI=1S/C23H18F3N5O2S/c1-32-17-11-9-15(10-12-17)27-21-31-30-20(33-21)18-7-2-3-8-19(18)29-22(34)28-16-6-4-5-14(13-16)23(24,25)26/h2-13H,1H3,(H,27,31)(H2,28,29,34). The van der Waals surface area contributed by atoms with Crippen LogP contribution in [-0.2, 0) is 6.18 Å². The summed E-state index contributed by atoms with van der Waals surface area (Å²) in [5.41, 5.74) is 1.25. The van der Waals surface area contributed by atoms with Crippen LogP contribution in [0.15, 0.2) is 77.2 Å². The van der Waals surface area contributed by atoms with Crippen LogP contribution in [0.2, 0.25) is 0 Å². The first-order chi connectivity index (χ1) is 16.3. The van der Waals surface area contributed by atoms with Crippen LogP contribution >= 0.6 is 12.2 Å². The van der Waals surface area contributed by atoms with Crippen molar-refractivity contribution in [3.63, 3.8) is 0 Å². The Morgan fingerprint density at radius 2 is 1.68 bits per heavy atom. The number of benzene rings is 3. The zero-order chi connectivity index (χ0) is 24.1. The Morgan fingerprint density at radius 1 is 0.912 bits per heavy atom. The molecule has 0 radical (unpaired) electrons. The molecule has 0 aliphatic carbocycles. The first-order valence-corrected chi connectivity index (χ1v) is 10.3. The van der Waals surface area contributed by atoms with Gasteiger partial charge in [0.25, 0.3) is 5.89 Å². The molecular formula is C23H18F3N5O2S. The van der Waals surface area contributed by atoms with Gasteiger partial charge in [0.2, 0.25) is 0 Å². The number of aromatic nitrogens is 2. The molecule has 0 amide bonds. The molecule has 174 valence electrons. The minimum Gasteiger partial charge on any atom is -0.497 e. The fourth-order valence-corrected chi connectivity index (χ4v) is 3.24. The van der Waals surface area contributed by atoms with Gasteiger partial charge in [0.05, 0.1) is 23.9 Å². The van der Waals surface area contributed by atoms with Crippen LogP contribution in [0.4, 0.5) is 36.2 Å². The second kappa shape index (κ2) is 9.79. The quantitative estimate of drug-likeness (QED) is 0.274. The van der Waals surface area contributed by atoms with E-state index in [1.165, 1.54) is 12.1 Å². The van der Waals surface area contributed by atoms with E-state index >= 15 is 0 Å². The molecule has 1 aromatic heterocycles. The van der Waals surface area contributed by atoms with Gasteiger partial charge in [0, 0.05) is 11.4 Å². The minimum absolute atomic E-state index is 0.0999. The van der Waals surface area contributed by atoms with Crippen LogP contribution in [0.5, 0.6) is 5.75 Å². The van der Waals surface area contributed by atoms with E-state index in [4.69, 9.17) is 21.4 Å². The lowest BCUT2D eigenvalue weighted by molar-refractivity contribution is -0.137. The van der Waals surface area contributed by atoms with Crippen LogP contribution in [0.25, 0.3) is 11.5 Å². The van der Waals surface area contributed by atoms with Crippen molar-refractivity contribution in [1.29, 1.82) is 0 Å². The third-order valence-corrected chi connectivity index (χ3v) is 4.82. The van der Waals surface area contributed by atoms with Crippen molar-refractivity contribution in [2.45, 2.75) is 6.18 Å². The van der Waals surface area contributed by atoms with Gasteiger partial charge < -0.3 is 25.1 Å². The number of nitrogens with one attached hydrogen (secondary N) is 3. The number of alkyl halides is 3. The minimum atomic E-state index is -4.45. The van der Waals surface area contributed by atoms with Gasteiger partial charge in [-0.05, 0) is 66.8 Å². The second-order valence-electron chi connectivity index (χ2n) is 6.97. The molecule has 3 aromatic carbocycles. The number of para-hydroxylation sites is 1. The van der Waals surface area contributed by atoms with Gasteiger partial charge in [-0.15, -0.1) is 5.10 Å². The highest BCUT2D eigenvalue weighted by atomic mass is 32.1. The number of anilines is 4. The van der Waals surface area contributed by atoms with E-state index in [9.17, 15) is 13.2 Å². The monoisotopic (exact) mass is 485 g/mol. The molecule has 0 spiro atoms. The molecule has 0 saturated carbocycles. The summed E-state index contributed by atoms with van der Waals surface area (Å²) in [6.45, 7) is 0. The molecule has 0 aliphatic heterocycles. The van der Waals surface area contributed by atoms with E-state index in [1.807, 2.05) is 0 Å². The molecule has 0 bridgehead atoms. The second-order valence-corrected chi connectivity index (χ2v) is 7.38. The number of thiocarbonyl (C=S) groups is 1. The van der Waals surface area contributed by atoms with Crippen LogP contribution in [0, 0.1) is 0 Å². The topological polar surface area (TPSA) is 84.2 Å². The predicted molar refractivity (Wildman–Crippen MR) is 127 cm³/mol. The maximum Gasteiger partial charge on any atom is 0.416 e. The largest absolute Gasteiger partial charge is 0.497 e. The van der Waals surface area contributed by atoms with Crippen molar-refractivity contribution >= 4 is 40.4 Å². The summed E-state index contributed by atoms with van der Waals surface area (Å²) >= 11 is 5.28. The summed E-state index contributed by atoms with van der Waals surface area (Å²) in [4.78, 5) is 0. The summed E-state index contributed by atoms with van der Waals surface area (Å²) in [7, 11) is 1.58. The van der Waals surface area contributed by atoms with Gasteiger partial charge in [-0.3, -0.25) is 0 Å². The van der Waals surface area contributed by atoms with Gasteiger partial charge >= 0.3 is 12.2 Å². The van der Waals surface area contributed by atoms with Crippen molar-refractivity contribution in [3.8, 4) is 17.2 Å². The first-order valence-electron chi connectivity index (χ1n) is 9.91. The Labute approximate surface area is 198 Å². The molecule has 1 heterocycles. The van der Waals surface area contributed by atoms with Gasteiger partial charge in [-0.25, -0.2) is 0 Å². The molecule has 0 fully saturated rings. The van der Waals surface area contributed by atoms with Crippen LogP contribution in [0.1, 0.15) is 5.56 Å². The van der Waals surface area contributed by atoms with E-state index < -0.39 is 11.7 Å². The lowest BCUT2D eigenvalue weighted by Crippen LogP contribution is -2.20. The Morgan fingerprint density at radius 3 is 2.41 bits per heavy atom. The van der Waals surface area contributed by atoms with Crippen molar-refractivity contribution in [2.75, 3.05) is 23.1 Å². The van der Waals surface area contributed by atoms with Gasteiger partial charge in [-0.2, -0.15) is 13.2 Å². The zero-order valence-electron chi connectivity index (χ0n) is 17.7. The Hall–Kier alpha value is -4.12. The molecule has 0 aliphatic rings. The molecule has 34 heavy (non-hydrogen) atoms. The van der Waals surface area contributed by atoms with Crippen LogP contribution in [-0.4, -0.2) is 22.4 Å². The molecule has 0 atom stereocenters. The number of nitrogens with zero attached hydrogens (tertiary/aromatic N) is 2. The normalized spacial score (nSPS) is 11.1. The van der Waals surface area contributed by atoms with E-state index in [-0.39, 0.29) is 22.7 Å². The number of ether oxygens (including phenoxy) is 1. The molecular weight excluding hydrogens is 467 g/mol.